The fourth-order valence-corrected chi connectivity index (χ4v) is 2.27. The van der Waals surface area contributed by atoms with Crippen molar-refractivity contribution >= 4 is 17.3 Å². The third kappa shape index (κ3) is 2.85. The van der Waals surface area contributed by atoms with Crippen LogP contribution in [0.3, 0.4) is 0 Å². The summed E-state index contributed by atoms with van der Waals surface area (Å²) in [6, 6.07) is 2.40. The number of nitrogens with one attached hydrogen (secondary N) is 1. The minimum Gasteiger partial charge on any atom is -0.380 e. The Balaban J connectivity index is 1.95. The van der Waals surface area contributed by atoms with Crippen LogP contribution in [0.2, 0.25) is 5.02 Å². The number of halogens is 1. The lowest BCUT2D eigenvalue weighted by atomic mass is 9.87. The van der Waals surface area contributed by atoms with E-state index in [0.29, 0.717) is 6.04 Å². The molecule has 15 heavy (non-hydrogen) atoms. The third-order valence-corrected chi connectivity index (χ3v) is 3.47. The average molecular weight is 225 g/mol. The van der Waals surface area contributed by atoms with Crippen LogP contribution in [0.1, 0.15) is 32.6 Å². The molecular formula is C12H17ClN2. The fraction of sp³-hybridized carbons (Fsp3) is 0.583. The number of nitrogens with zero attached hydrogens (tertiary/aromatic N) is 1. The first-order valence-corrected chi connectivity index (χ1v) is 5.99. The van der Waals surface area contributed by atoms with Crippen molar-refractivity contribution in [2.45, 2.75) is 38.6 Å². The Hall–Kier alpha value is -0.760. The van der Waals surface area contributed by atoms with Crippen LogP contribution in [0.4, 0.5) is 5.69 Å². The number of hydrogen-bond acceptors (Lipinski definition) is 2. The van der Waals surface area contributed by atoms with E-state index in [1.807, 2.05) is 6.07 Å². The van der Waals surface area contributed by atoms with Crippen molar-refractivity contribution in [3.63, 3.8) is 0 Å². The maximum atomic E-state index is 6.07. The van der Waals surface area contributed by atoms with E-state index in [0.717, 1.165) is 16.6 Å². The molecule has 82 valence electrons. The highest BCUT2D eigenvalue weighted by molar-refractivity contribution is 6.33. The van der Waals surface area contributed by atoms with Gasteiger partial charge < -0.3 is 5.32 Å². The monoisotopic (exact) mass is 224 g/mol. The van der Waals surface area contributed by atoms with Gasteiger partial charge in [-0.3, -0.25) is 4.98 Å². The maximum Gasteiger partial charge on any atom is 0.0718 e. The maximum absolute atomic E-state index is 6.07. The van der Waals surface area contributed by atoms with Crippen molar-refractivity contribution in [1.29, 1.82) is 0 Å². The number of anilines is 1. The van der Waals surface area contributed by atoms with Crippen molar-refractivity contribution in [3.8, 4) is 0 Å². The molecule has 0 unspecified atom stereocenters. The molecule has 2 rings (SSSR count). The average Bonchev–Trinajstić information content (AvgIpc) is 2.25. The first-order valence-electron chi connectivity index (χ1n) is 5.62. The van der Waals surface area contributed by atoms with Crippen LogP contribution in [0.25, 0.3) is 0 Å². The van der Waals surface area contributed by atoms with Gasteiger partial charge in [-0.25, -0.2) is 0 Å². The highest BCUT2D eigenvalue weighted by Crippen LogP contribution is 2.28. The van der Waals surface area contributed by atoms with Crippen molar-refractivity contribution in [2.24, 2.45) is 5.92 Å². The Morgan fingerprint density at radius 3 is 2.73 bits per heavy atom. The summed E-state index contributed by atoms with van der Waals surface area (Å²) in [4.78, 5) is 4.08. The van der Waals surface area contributed by atoms with E-state index in [9.17, 15) is 0 Å². The lowest BCUT2D eigenvalue weighted by Crippen LogP contribution is -2.25. The molecule has 1 aromatic heterocycles. The molecule has 0 amide bonds. The normalized spacial score (nSPS) is 26.3. The minimum absolute atomic E-state index is 0.572. The molecule has 0 spiro atoms. The molecule has 1 fully saturated rings. The van der Waals surface area contributed by atoms with Crippen LogP contribution in [0, 0.1) is 5.92 Å². The second-order valence-electron chi connectivity index (χ2n) is 4.46. The van der Waals surface area contributed by atoms with E-state index < -0.39 is 0 Å². The van der Waals surface area contributed by atoms with Crippen molar-refractivity contribution < 1.29 is 0 Å². The van der Waals surface area contributed by atoms with Gasteiger partial charge in [0.25, 0.3) is 0 Å². The van der Waals surface area contributed by atoms with Gasteiger partial charge in [-0.15, -0.1) is 0 Å². The number of rotatable bonds is 2. The van der Waals surface area contributed by atoms with Gasteiger partial charge in [0.2, 0.25) is 0 Å². The second-order valence-corrected chi connectivity index (χ2v) is 4.86. The minimum atomic E-state index is 0.572. The van der Waals surface area contributed by atoms with Gasteiger partial charge in [0.1, 0.15) is 0 Å². The Bertz CT molecular complexity index is 319. The molecule has 0 atom stereocenters. The summed E-state index contributed by atoms with van der Waals surface area (Å²) in [6.45, 7) is 2.33. The van der Waals surface area contributed by atoms with Gasteiger partial charge >= 0.3 is 0 Å². The van der Waals surface area contributed by atoms with Gasteiger partial charge in [-0.1, -0.05) is 18.5 Å². The van der Waals surface area contributed by atoms with Gasteiger partial charge in [-0.2, -0.15) is 0 Å². The Morgan fingerprint density at radius 2 is 2.07 bits per heavy atom. The van der Waals surface area contributed by atoms with Crippen LogP contribution in [0.15, 0.2) is 18.5 Å². The van der Waals surface area contributed by atoms with Crippen LogP contribution in [0.5, 0.6) is 0 Å². The third-order valence-electron chi connectivity index (χ3n) is 3.14. The van der Waals surface area contributed by atoms with E-state index in [4.69, 9.17) is 11.6 Å². The van der Waals surface area contributed by atoms with Crippen molar-refractivity contribution in [1.82, 2.24) is 4.98 Å². The molecule has 1 saturated carbocycles. The summed E-state index contributed by atoms with van der Waals surface area (Å²) >= 11 is 6.07. The highest BCUT2D eigenvalue weighted by Gasteiger charge is 2.18. The molecule has 0 radical (unpaired) electrons. The predicted octanol–water partition coefficient (Wildman–Crippen LogP) is 3.73. The predicted molar refractivity (Wildman–Crippen MR) is 64.3 cm³/mol. The number of pyridine rings is 1. The molecule has 2 nitrogen and oxygen atoms in total. The van der Waals surface area contributed by atoms with Crippen LogP contribution < -0.4 is 5.32 Å². The molecule has 0 saturated heterocycles. The van der Waals surface area contributed by atoms with E-state index in [1.165, 1.54) is 25.7 Å². The highest BCUT2D eigenvalue weighted by atomic mass is 35.5. The summed E-state index contributed by atoms with van der Waals surface area (Å²) in [5.41, 5.74) is 0.971. The SMILES string of the molecule is CC1CCC(Nc2cnccc2Cl)CC1. The zero-order valence-corrected chi connectivity index (χ0v) is 9.80. The molecule has 0 bridgehead atoms. The zero-order valence-electron chi connectivity index (χ0n) is 9.04. The summed E-state index contributed by atoms with van der Waals surface area (Å²) in [5, 5.41) is 4.24. The molecule has 1 aromatic rings. The lowest BCUT2D eigenvalue weighted by molar-refractivity contribution is 0.361. The van der Waals surface area contributed by atoms with Gasteiger partial charge in [0.05, 0.1) is 16.9 Å². The molecule has 1 N–H and O–H groups in total. The summed E-state index contributed by atoms with van der Waals surface area (Å²) < 4.78 is 0. The van der Waals surface area contributed by atoms with E-state index >= 15 is 0 Å². The Kier molecular flexibility index (Phi) is 3.47. The fourth-order valence-electron chi connectivity index (χ4n) is 2.11. The molecule has 0 aromatic carbocycles. The quantitative estimate of drug-likeness (QED) is 0.828. The van der Waals surface area contributed by atoms with Gasteiger partial charge in [0, 0.05) is 12.2 Å². The van der Waals surface area contributed by atoms with Crippen LogP contribution in [-0.4, -0.2) is 11.0 Å². The Morgan fingerprint density at radius 1 is 1.33 bits per heavy atom. The van der Waals surface area contributed by atoms with Crippen molar-refractivity contribution in [3.05, 3.63) is 23.5 Å². The molecular weight excluding hydrogens is 208 g/mol. The zero-order chi connectivity index (χ0) is 10.7. The lowest BCUT2D eigenvalue weighted by Gasteiger charge is -2.27. The summed E-state index contributed by atoms with van der Waals surface area (Å²) in [5.74, 6) is 0.882. The molecule has 1 heterocycles. The standard InChI is InChI=1S/C12H17ClN2/c1-9-2-4-10(5-3-9)15-12-8-14-7-6-11(12)13/h6-10,15H,2-5H2,1H3. The summed E-state index contributed by atoms with van der Waals surface area (Å²) in [6.07, 6.45) is 8.64. The Labute approximate surface area is 96.1 Å². The van der Waals surface area contributed by atoms with E-state index in [-0.39, 0.29) is 0 Å². The van der Waals surface area contributed by atoms with E-state index in [1.54, 1.807) is 12.4 Å². The largest absolute Gasteiger partial charge is 0.380 e. The van der Waals surface area contributed by atoms with Crippen molar-refractivity contribution in [2.75, 3.05) is 5.32 Å². The second kappa shape index (κ2) is 4.84. The summed E-state index contributed by atoms with van der Waals surface area (Å²) in [7, 11) is 0. The molecule has 0 aliphatic heterocycles. The van der Waals surface area contributed by atoms with Gasteiger partial charge in [0.15, 0.2) is 0 Å². The number of aromatic nitrogens is 1. The van der Waals surface area contributed by atoms with Gasteiger partial charge in [-0.05, 0) is 37.7 Å². The molecule has 3 heteroatoms. The molecule has 1 aliphatic rings. The topological polar surface area (TPSA) is 24.9 Å². The van der Waals surface area contributed by atoms with E-state index in [2.05, 4.69) is 17.2 Å². The smallest absolute Gasteiger partial charge is 0.0718 e. The number of hydrogen-bond donors (Lipinski definition) is 1. The molecule has 1 aliphatic carbocycles. The first kappa shape index (κ1) is 10.7. The first-order chi connectivity index (χ1) is 7.25. The van der Waals surface area contributed by atoms with Crippen LogP contribution >= 0.6 is 11.6 Å². The van der Waals surface area contributed by atoms with Crippen LogP contribution in [-0.2, 0) is 0 Å².